The van der Waals surface area contributed by atoms with Crippen LogP contribution in [0.5, 0.6) is 0 Å². The van der Waals surface area contributed by atoms with Gasteiger partial charge in [-0.25, -0.2) is 0 Å². The maximum absolute atomic E-state index is 12.3. The summed E-state index contributed by atoms with van der Waals surface area (Å²) >= 11 is 1.31. The molecule has 0 saturated carbocycles. The zero-order chi connectivity index (χ0) is 15.2. The molecule has 0 radical (unpaired) electrons. The van der Waals surface area contributed by atoms with E-state index in [1.165, 1.54) is 18.3 Å². The molecule has 0 saturated heterocycles. The molecule has 4 heteroatoms. The summed E-state index contributed by atoms with van der Waals surface area (Å²) in [5.74, 6) is -0.131. The van der Waals surface area contributed by atoms with Crippen LogP contribution in [0.4, 0.5) is 0 Å². The monoisotopic (exact) mass is 301 g/mol. The van der Waals surface area contributed by atoms with Gasteiger partial charge in [-0.15, -0.1) is 11.3 Å². The summed E-state index contributed by atoms with van der Waals surface area (Å²) in [7, 11) is 0. The number of thiophene rings is 1. The standard InChI is InChI=1S/C17H19NO2S/c1-3-7-15(13-8-5-4-6-9-13)18-17(20)14-10-16(12(2)19)21-11-14/h4-6,8-11,15H,3,7H2,1-2H3,(H,18,20). The average molecular weight is 301 g/mol. The Morgan fingerprint density at radius 3 is 2.52 bits per heavy atom. The summed E-state index contributed by atoms with van der Waals surface area (Å²) in [6.07, 6.45) is 1.88. The van der Waals surface area contributed by atoms with Crippen LogP contribution in [0.25, 0.3) is 0 Å². The van der Waals surface area contributed by atoms with Gasteiger partial charge in [0.25, 0.3) is 5.91 Å². The SMILES string of the molecule is CCCC(NC(=O)c1csc(C(C)=O)c1)c1ccccc1. The van der Waals surface area contributed by atoms with Crippen molar-refractivity contribution >= 4 is 23.0 Å². The van der Waals surface area contributed by atoms with Gasteiger partial charge >= 0.3 is 0 Å². The van der Waals surface area contributed by atoms with Crippen LogP contribution in [0.15, 0.2) is 41.8 Å². The first-order chi connectivity index (χ1) is 10.1. The molecule has 1 aromatic carbocycles. The molecule has 1 unspecified atom stereocenters. The maximum atomic E-state index is 12.3. The van der Waals surface area contributed by atoms with Gasteiger partial charge in [0.15, 0.2) is 5.78 Å². The number of carbonyl (C=O) groups excluding carboxylic acids is 2. The third kappa shape index (κ3) is 4.02. The molecular weight excluding hydrogens is 282 g/mol. The molecule has 1 amide bonds. The summed E-state index contributed by atoms with van der Waals surface area (Å²) in [6.45, 7) is 3.61. The highest BCUT2D eigenvalue weighted by Gasteiger charge is 2.16. The summed E-state index contributed by atoms with van der Waals surface area (Å²) < 4.78 is 0. The van der Waals surface area contributed by atoms with E-state index < -0.39 is 0 Å². The Labute approximate surface area is 129 Å². The topological polar surface area (TPSA) is 46.2 Å². The van der Waals surface area contributed by atoms with Gasteiger partial charge < -0.3 is 5.32 Å². The molecule has 1 N–H and O–H groups in total. The lowest BCUT2D eigenvalue weighted by Gasteiger charge is -2.18. The molecule has 2 rings (SSSR count). The number of amides is 1. The molecule has 21 heavy (non-hydrogen) atoms. The van der Waals surface area contributed by atoms with Crippen molar-refractivity contribution in [1.82, 2.24) is 5.32 Å². The van der Waals surface area contributed by atoms with Crippen molar-refractivity contribution in [2.24, 2.45) is 0 Å². The van der Waals surface area contributed by atoms with Gasteiger partial charge in [-0.3, -0.25) is 9.59 Å². The number of benzene rings is 1. The van der Waals surface area contributed by atoms with Crippen LogP contribution in [0.2, 0.25) is 0 Å². The van der Waals surface area contributed by atoms with Crippen molar-refractivity contribution in [3.63, 3.8) is 0 Å². The van der Waals surface area contributed by atoms with Crippen molar-refractivity contribution in [2.75, 3.05) is 0 Å². The number of ketones is 1. The zero-order valence-corrected chi connectivity index (χ0v) is 13.1. The van der Waals surface area contributed by atoms with Crippen molar-refractivity contribution in [3.8, 4) is 0 Å². The highest BCUT2D eigenvalue weighted by molar-refractivity contribution is 7.12. The number of nitrogens with one attached hydrogen (secondary N) is 1. The Morgan fingerprint density at radius 2 is 1.95 bits per heavy atom. The van der Waals surface area contributed by atoms with E-state index in [4.69, 9.17) is 0 Å². The van der Waals surface area contributed by atoms with E-state index in [0.29, 0.717) is 10.4 Å². The molecule has 3 nitrogen and oxygen atoms in total. The second-order valence-corrected chi connectivity index (χ2v) is 5.89. The molecule has 1 atom stereocenters. The lowest BCUT2D eigenvalue weighted by Crippen LogP contribution is -2.28. The van der Waals surface area contributed by atoms with E-state index in [0.717, 1.165) is 18.4 Å². The molecule has 1 heterocycles. The van der Waals surface area contributed by atoms with Gasteiger partial charge in [0.2, 0.25) is 0 Å². The summed E-state index contributed by atoms with van der Waals surface area (Å²) in [4.78, 5) is 24.2. The van der Waals surface area contributed by atoms with Crippen LogP contribution in [0.3, 0.4) is 0 Å². The lowest BCUT2D eigenvalue weighted by atomic mass is 10.0. The summed E-state index contributed by atoms with van der Waals surface area (Å²) in [5.41, 5.74) is 1.66. The fourth-order valence-corrected chi connectivity index (χ4v) is 2.97. The van der Waals surface area contributed by atoms with E-state index in [-0.39, 0.29) is 17.7 Å². The van der Waals surface area contributed by atoms with E-state index >= 15 is 0 Å². The van der Waals surface area contributed by atoms with Crippen LogP contribution in [-0.2, 0) is 0 Å². The van der Waals surface area contributed by atoms with Gasteiger partial charge in [-0.2, -0.15) is 0 Å². The molecular formula is C17H19NO2S. The van der Waals surface area contributed by atoms with Crippen LogP contribution in [0, 0.1) is 0 Å². The number of carbonyl (C=O) groups is 2. The van der Waals surface area contributed by atoms with Gasteiger partial charge in [-0.05, 0) is 25.0 Å². The van der Waals surface area contributed by atoms with Crippen molar-refractivity contribution in [3.05, 3.63) is 57.8 Å². The Bertz CT molecular complexity index is 619. The first-order valence-electron chi connectivity index (χ1n) is 7.07. The molecule has 2 aromatic rings. The lowest BCUT2D eigenvalue weighted by molar-refractivity contribution is 0.0935. The van der Waals surface area contributed by atoms with E-state index in [9.17, 15) is 9.59 Å². The van der Waals surface area contributed by atoms with Gasteiger partial charge in [0.05, 0.1) is 16.5 Å². The highest BCUT2D eigenvalue weighted by Crippen LogP contribution is 2.20. The molecule has 0 aliphatic carbocycles. The maximum Gasteiger partial charge on any atom is 0.252 e. The Balaban J connectivity index is 2.12. The molecule has 0 fully saturated rings. The number of hydrogen-bond acceptors (Lipinski definition) is 3. The Kier molecular flexibility index (Phi) is 5.28. The molecule has 0 aliphatic rings. The van der Waals surface area contributed by atoms with E-state index in [2.05, 4.69) is 12.2 Å². The van der Waals surface area contributed by atoms with Crippen LogP contribution in [-0.4, -0.2) is 11.7 Å². The second kappa shape index (κ2) is 7.18. The van der Waals surface area contributed by atoms with Gasteiger partial charge in [-0.1, -0.05) is 43.7 Å². The third-order valence-corrected chi connectivity index (χ3v) is 4.32. The molecule has 110 valence electrons. The largest absolute Gasteiger partial charge is 0.345 e. The number of Topliss-reactive ketones (excluding diaryl/α,β-unsaturated/α-hetero) is 1. The summed E-state index contributed by atoms with van der Waals surface area (Å²) in [6, 6.07) is 11.6. The zero-order valence-electron chi connectivity index (χ0n) is 12.3. The first-order valence-corrected chi connectivity index (χ1v) is 7.95. The fraction of sp³-hybridized carbons (Fsp3) is 0.294. The van der Waals surface area contributed by atoms with Crippen LogP contribution >= 0.6 is 11.3 Å². The number of hydrogen-bond donors (Lipinski definition) is 1. The highest BCUT2D eigenvalue weighted by atomic mass is 32.1. The number of rotatable bonds is 6. The minimum Gasteiger partial charge on any atom is -0.345 e. The average Bonchev–Trinajstić information content (AvgIpc) is 2.98. The predicted octanol–water partition coefficient (Wildman–Crippen LogP) is 4.22. The third-order valence-electron chi connectivity index (χ3n) is 3.29. The minimum absolute atomic E-state index is 0.00405. The van der Waals surface area contributed by atoms with Crippen LogP contribution < -0.4 is 5.32 Å². The second-order valence-electron chi connectivity index (χ2n) is 4.98. The molecule has 0 bridgehead atoms. The fourth-order valence-electron chi connectivity index (χ4n) is 2.18. The Morgan fingerprint density at radius 1 is 1.24 bits per heavy atom. The van der Waals surface area contributed by atoms with Gasteiger partial charge in [0, 0.05) is 5.38 Å². The van der Waals surface area contributed by atoms with Crippen molar-refractivity contribution in [1.29, 1.82) is 0 Å². The van der Waals surface area contributed by atoms with Gasteiger partial charge in [0.1, 0.15) is 0 Å². The normalized spacial score (nSPS) is 11.9. The van der Waals surface area contributed by atoms with E-state index in [1.807, 2.05) is 30.3 Å². The first kappa shape index (κ1) is 15.4. The smallest absolute Gasteiger partial charge is 0.252 e. The Hall–Kier alpha value is -1.94. The van der Waals surface area contributed by atoms with Crippen LogP contribution in [0.1, 0.15) is 58.3 Å². The molecule has 0 aliphatic heterocycles. The predicted molar refractivity (Wildman–Crippen MR) is 85.9 cm³/mol. The minimum atomic E-state index is -0.124. The van der Waals surface area contributed by atoms with E-state index in [1.54, 1.807) is 11.4 Å². The molecule has 1 aromatic heterocycles. The van der Waals surface area contributed by atoms with Crippen molar-refractivity contribution < 1.29 is 9.59 Å². The molecule has 0 spiro atoms. The van der Waals surface area contributed by atoms with Crippen molar-refractivity contribution in [2.45, 2.75) is 32.7 Å². The quantitative estimate of drug-likeness (QED) is 0.812. The summed E-state index contributed by atoms with van der Waals surface area (Å²) in [5, 5.41) is 4.80.